The van der Waals surface area contributed by atoms with E-state index >= 15 is 0 Å². The van der Waals surface area contributed by atoms with Crippen molar-refractivity contribution in [3.05, 3.63) is 48.0 Å². The van der Waals surface area contributed by atoms with E-state index in [9.17, 15) is 18.0 Å². The fourth-order valence-electron chi connectivity index (χ4n) is 3.40. The monoisotopic (exact) mass is 424 g/mol. The Hall–Kier alpha value is -3.10. The van der Waals surface area contributed by atoms with Crippen molar-refractivity contribution in [2.24, 2.45) is 0 Å². The van der Waals surface area contributed by atoms with Crippen molar-refractivity contribution in [3.8, 4) is 17.2 Å². The van der Waals surface area contributed by atoms with Crippen LogP contribution in [0.2, 0.25) is 0 Å². The van der Waals surface area contributed by atoms with Crippen molar-refractivity contribution < 1.29 is 32.2 Å². The fourth-order valence-corrected chi connectivity index (χ4v) is 3.40. The number of anilines is 1. The number of hydrogen-bond donors (Lipinski definition) is 1. The lowest BCUT2D eigenvalue weighted by Gasteiger charge is -2.25. The molecule has 2 amide bonds. The number of carbonyl (C=O) groups is 1. The third-order valence-electron chi connectivity index (χ3n) is 4.82. The van der Waals surface area contributed by atoms with Crippen molar-refractivity contribution in [1.29, 1.82) is 0 Å². The summed E-state index contributed by atoms with van der Waals surface area (Å²) in [6, 6.07) is 11.4. The number of likely N-dealkylation sites (tertiary alicyclic amines) is 1. The lowest BCUT2D eigenvalue weighted by atomic mass is 10.0. The van der Waals surface area contributed by atoms with E-state index in [1.54, 1.807) is 18.1 Å². The van der Waals surface area contributed by atoms with Crippen LogP contribution in [0.15, 0.2) is 42.5 Å². The Morgan fingerprint density at radius 1 is 1.10 bits per heavy atom. The number of methoxy groups -OCH3 is 2. The minimum atomic E-state index is -4.48. The number of urea groups is 1. The molecule has 6 nitrogen and oxygen atoms in total. The van der Waals surface area contributed by atoms with E-state index in [1.165, 1.54) is 19.2 Å². The average molecular weight is 424 g/mol. The Bertz CT molecular complexity index is 872. The first-order valence-electron chi connectivity index (χ1n) is 9.40. The maximum Gasteiger partial charge on any atom is 0.422 e. The van der Waals surface area contributed by atoms with Crippen molar-refractivity contribution in [2.45, 2.75) is 25.1 Å². The Kier molecular flexibility index (Phi) is 6.59. The second kappa shape index (κ2) is 9.15. The molecule has 1 aliphatic rings. The highest BCUT2D eigenvalue weighted by atomic mass is 19.4. The summed E-state index contributed by atoms with van der Waals surface area (Å²) in [4.78, 5) is 14.6. The van der Waals surface area contributed by atoms with Crippen molar-refractivity contribution in [3.63, 3.8) is 0 Å². The minimum Gasteiger partial charge on any atom is -0.497 e. The SMILES string of the molecule is COc1ccc(C2CCCN2C(=O)Nc2ccc(OC)c(OCC(F)(F)F)c2)cc1. The van der Waals surface area contributed by atoms with E-state index in [0.29, 0.717) is 12.2 Å². The van der Waals surface area contributed by atoms with Gasteiger partial charge in [0.05, 0.1) is 20.3 Å². The van der Waals surface area contributed by atoms with Crippen LogP contribution in [0, 0.1) is 0 Å². The van der Waals surface area contributed by atoms with Gasteiger partial charge in [-0.15, -0.1) is 0 Å². The zero-order valence-electron chi connectivity index (χ0n) is 16.7. The highest BCUT2D eigenvalue weighted by Gasteiger charge is 2.31. The molecule has 1 aliphatic heterocycles. The number of nitrogens with zero attached hydrogens (tertiary/aromatic N) is 1. The van der Waals surface area contributed by atoms with Crippen molar-refractivity contribution >= 4 is 11.7 Å². The van der Waals surface area contributed by atoms with Crippen LogP contribution in [-0.4, -0.2) is 44.5 Å². The van der Waals surface area contributed by atoms with Gasteiger partial charge in [-0.1, -0.05) is 12.1 Å². The average Bonchev–Trinajstić information content (AvgIpc) is 3.22. The van der Waals surface area contributed by atoms with Crippen LogP contribution in [0.4, 0.5) is 23.7 Å². The van der Waals surface area contributed by atoms with Gasteiger partial charge in [0.1, 0.15) is 5.75 Å². The van der Waals surface area contributed by atoms with E-state index in [4.69, 9.17) is 14.2 Å². The molecular weight excluding hydrogens is 401 g/mol. The lowest BCUT2D eigenvalue weighted by Crippen LogP contribution is -2.34. The van der Waals surface area contributed by atoms with Gasteiger partial charge in [0.25, 0.3) is 0 Å². The van der Waals surface area contributed by atoms with Crippen molar-refractivity contribution in [1.82, 2.24) is 4.90 Å². The van der Waals surface area contributed by atoms with E-state index in [-0.39, 0.29) is 23.6 Å². The van der Waals surface area contributed by atoms with Crippen molar-refractivity contribution in [2.75, 3.05) is 32.7 Å². The summed E-state index contributed by atoms with van der Waals surface area (Å²) in [6.45, 7) is -0.872. The molecule has 2 aromatic rings. The number of rotatable bonds is 6. The second-order valence-corrected chi connectivity index (χ2v) is 6.82. The highest BCUT2D eigenvalue weighted by molar-refractivity contribution is 5.90. The molecule has 1 fully saturated rings. The Morgan fingerprint density at radius 2 is 1.83 bits per heavy atom. The molecule has 162 valence electrons. The number of ether oxygens (including phenoxy) is 3. The molecule has 1 N–H and O–H groups in total. The first-order valence-corrected chi connectivity index (χ1v) is 9.40. The van der Waals surface area contributed by atoms with Gasteiger partial charge in [-0.25, -0.2) is 4.79 Å². The largest absolute Gasteiger partial charge is 0.497 e. The van der Waals surface area contributed by atoms with E-state index in [0.717, 1.165) is 24.2 Å². The molecule has 1 saturated heterocycles. The Labute approximate surface area is 172 Å². The first-order chi connectivity index (χ1) is 14.3. The normalized spacial score (nSPS) is 16.3. The molecule has 0 saturated carbocycles. The summed E-state index contributed by atoms with van der Waals surface area (Å²) < 4.78 is 52.5. The standard InChI is InChI=1S/C21H23F3N2O4/c1-28-16-8-5-14(6-9-16)17-4-3-11-26(17)20(27)25-15-7-10-18(29-2)19(12-15)30-13-21(22,23)24/h5-10,12,17H,3-4,11,13H2,1-2H3,(H,25,27). The number of halogens is 3. The lowest BCUT2D eigenvalue weighted by molar-refractivity contribution is -0.153. The van der Waals surface area contributed by atoms with E-state index < -0.39 is 12.8 Å². The summed E-state index contributed by atoms with van der Waals surface area (Å²) in [7, 11) is 2.92. The molecule has 1 atom stereocenters. The molecule has 1 unspecified atom stereocenters. The van der Waals surface area contributed by atoms with Gasteiger partial charge in [-0.05, 0) is 42.7 Å². The van der Waals surface area contributed by atoms with E-state index in [1.807, 2.05) is 24.3 Å². The smallest absolute Gasteiger partial charge is 0.422 e. The van der Waals surface area contributed by atoms with Crippen LogP contribution < -0.4 is 19.5 Å². The minimum absolute atomic E-state index is 0.0879. The van der Waals surface area contributed by atoms with Crippen LogP contribution in [0.5, 0.6) is 17.2 Å². The Balaban J connectivity index is 1.72. The van der Waals surface area contributed by atoms with Crippen LogP contribution >= 0.6 is 0 Å². The Morgan fingerprint density at radius 3 is 2.47 bits per heavy atom. The molecule has 3 rings (SSSR count). The molecule has 0 bridgehead atoms. The third kappa shape index (κ3) is 5.28. The predicted molar refractivity (Wildman–Crippen MR) is 105 cm³/mol. The summed E-state index contributed by atoms with van der Waals surface area (Å²) in [5, 5.41) is 2.74. The fraction of sp³-hybridized carbons (Fsp3) is 0.381. The molecule has 0 radical (unpaired) electrons. The molecule has 0 aromatic heterocycles. The molecular formula is C21H23F3N2O4. The molecule has 2 aromatic carbocycles. The second-order valence-electron chi connectivity index (χ2n) is 6.82. The van der Waals surface area contributed by atoms with Crippen LogP contribution in [0.1, 0.15) is 24.4 Å². The van der Waals surface area contributed by atoms with Crippen LogP contribution in [0.3, 0.4) is 0 Å². The van der Waals surface area contributed by atoms with Gasteiger partial charge < -0.3 is 24.4 Å². The topological polar surface area (TPSA) is 60.0 Å². The molecule has 0 spiro atoms. The van der Waals surface area contributed by atoms with Gasteiger partial charge in [0, 0.05) is 18.3 Å². The summed E-state index contributed by atoms with van der Waals surface area (Å²) >= 11 is 0. The van der Waals surface area contributed by atoms with Gasteiger partial charge >= 0.3 is 12.2 Å². The molecule has 0 aliphatic carbocycles. The zero-order chi connectivity index (χ0) is 21.7. The number of carbonyl (C=O) groups excluding carboxylic acids is 1. The number of amides is 2. The number of alkyl halides is 3. The molecule has 9 heteroatoms. The maximum absolute atomic E-state index is 12.8. The summed E-state index contributed by atoms with van der Waals surface area (Å²) in [6.07, 6.45) is -2.81. The summed E-state index contributed by atoms with van der Waals surface area (Å²) in [5.74, 6) is 0.785. The maximum atomic E-state index is 12.8. The number of hydrogen-bond acceptors (Lipinski definition) is 4. The van der Waals surface area contributed by atoms with Gasteiger partial charge in [0.15, 0.2) is 18.1 Å². The highest BCUT2D eigenvalue weighted by Crippen LogP contribution is 2.35. The van der Waals surface area contributed by atoms with E-state index in [2.05, 4.69) is 5.32 Å². The summed E-state index contributed by atoms with van der Waals surface area (Å²) in [5.41, 5.74) is 1.31. The van der Waals surface area contributed by atoms with Gasteiger partial charge in [-0.3, -0.25) is 0 Å². The zero-order valence-corrected chi connectivity index (χ0v) is 16.7. The number of nitrogens with one attached hydrogen (secondary N) is 1. The first kappa shape index (κ1) is 21.6. The third-order valence-corrected chi connectivity index (χ3v) is 4.82. The van der Waals surface area contributed by atoms with Crippen LogP contribution in [0.25, 0.3) is 0 Å². The number of benzene rings is 2. The molecule has 30 heavy (non-hydrogen) atoms. The van der Waals surface area contributed by atoms with Gasteiger partial charge in [-0.2, -0.15) is 13.2 Å². The van der Waals surface area contributed by atoms with Gasteiger partial charge in [0.2, 0.25) is 0 Å². The quantitative estimate of drug-likeness (QED) is 0.708. The molecule has 1 heterocycles. The predicted octanol–water partition coefficient (Wildman–Crippen LogP) is 5.01. The van der Waals surface area contributed by atoms with Crippen LogP contribution in [-0.2, 0) is 0 Å².